The highest BCUT2D eigenvalue weighted by Crippen LogP contribution is 2.13. The molecule has 1 N–H and O–H groups in total. The molecule has 90 valence electrons. The summed E-state index contributed by atoms with van der Waals surface area (Å²) >= 11 is 0. The normalized spacial score (nSPS) is 10.7. The molecule has 1 aromatic carbocycles. The van der Waals surface area contributed by atoms with Crippen molar-refractivity contribution in [1.82, 2.24) is 20.5 Å². The highest BCUT2D eigenvalue weighted by atomic mass is 16.6. The number of nitrogens with zero attached hydrogens (tertiary/aromatic N) is 3. The zero-order valence-electron chi connectivity index (χ0n) is 9.80. The number of nitrogens with one attached hydrogen (secondary N) is 1. The predicted octanol–water partition coefficient (Wildman–Crippen LogP) is 1.13. The molecule has 1 aromatic heterocycles. The summed E-state index contributed by atoms with van der Waals surface area (Å²) in [5.41, 5.74) is 4.47. The standard InChI is InChI=1S/C11H14N4O2/c1-3-15-10-6-5-8(7-9(10)12-14-15)11(16)13-17-4-2/h5-7H,3-4H2,1-2H3,(H,13,16). The van der Waals surface area contributed by atoms with Gasteiger partial charge in [-0.25, -0.2) is 10.2 Å². The number of carbonyl (C=O) groups is 1. The third kappa shape index (κ3) is 2.26. The SMILES string of the molecule is CCONC(=O)c1ccc2c(c1)nnn2CC. The molecule has 2 rings (SSSR count). The van der Waals surface area contributed by atoms with E-state index >= 15 is 0 Å². The number of aryl methyl sites for hydroxylation is 1. The lowest BCUT2D eigenvalue weighted by molar-refractivity contribution is 0.0364. The maximum Gasteiger partial charge on any atom is 0.274 e. The van der Waals surface area contributed by atoms with Crippen molar-refractivity contribution in [3.63, 3.8) is 0 Å². The molecule has 0 unspecified atom stereocenters. The summed E-state index contributed by atoms with van der Waals surface area (Å²) in [6, 6.07) is 5.26. The number of fused-ring (bicyclic) bond motifs is 1. The van der Waals surface area contributed by atoms with Crippen LogP contribution in [0.1, 0.15) is 24.2 Å². The molecule has 0 fully saturated rings. The first kappa shape index (κ1) is 11.5. The van der Waals surface area contributed by atoms with Crippen LogP contribution in [0.4, 0.5) is 0 Å². The molecule has 0 aliphatic heterocycles. The molecule has 0 aliphatic carbocycles. The molecule has 0 bridgehead atoms. The minimum absolute atomic E-state index is 0.278. The van der Waals surface area contributed by atoms with E-state index in [2.05, 4.69) is 15.8 Å². The maximum atomic E-state index is 11.6. The van der Waals surface area contributed by atoms with Crippen molar-refractivity contribution in [2.45, 2.75) is 20.4 Å². The summed E-state index contributed by atoms with van der Waals surface area (Å²) in [5, 5.41) is 7.99. The number of hydroxylamine groups is 1. The van der Waals surface area contributed by atoms with Crippen LogP contribution in [0.3, 0.4) is 0 Å². The molecule has 0 saturated carbocycles. The van der Waals surface area contributed by atoms with Crippen molar-refractivity contribution in [3.8, 4) is 0 Å². The van der Waals surface area contributed by atoms with Gasteiger partial charge in [0.25, 0.3) is 5.91 Å². The van der Waals surface area contributed by atoms with Crippen molar-refractivity contribution in [2.75, 3.05) is 6.61 Å². The van der Waals surface area contributed by atoms with Crippen LogP contribution in [-0.2, 0) is 11.4 Å². The molecule has 1 amide bonds. The van der Waals surface area contributed by atoms with Gasteiger partial charge in [0.05, 0.1) is 12.1 Å². The molecule has 2 aromatic rings. The Morgan fingerprint density at radius 1 is 1.47 bits per heavy atom. The molecular formula is C11H14N4O2. The lowest BCUT2D eigenvalue weighted by Gasteiger charge is -2.03. The highest BCUT2D eigenvalue weighted by Gasteiger charge is 2.09. The lowest BCUT2D eigenvalue weighted by atomic mass is 10.2. The summed E-state index contributed by atoms with van der Waals surface area (Å²) in [5.74, 6) is -0.278. The zero-order valence-corrected chi connectivity index (χ0v) is 9.80. The van der Waals surface area contributed by atoms with Gasteiger partial charge in [0.1, 0.15) is 5.52 Å². The average Bonchev–Trinajstić information content (AvgIpc) is 2.77. The van der Waals surface area contributed by atoms with Crippen molar-refractivity contribution in [2.24, 2.45) is 0 Å². The second-order valence-corrected chi connectivity index (χ2v) is 3.47. The van der Waals surface area contributed by atoms with Crippen LogP contribution in [0.2, 0.25) is 0 Å². The zero-order chi connectivity index (χ0) is 12.3. The summed E-state index contributed by atoms with van der Waals surface area (Å²) in [6.07, 6.45) is 0. The minimum atomic E-state index is -0.278. The summed E-state index contributed by atoms with van der Waals surface area (Å²) in [7, 11) is 0. The molecule has 0 aliphatic rings. The first-order valence-electron chi connectivity index (χ1n) is 5.51. The second-order valence-electron chi connectivity index (χ2n) is 3.47. The Morgan fingerprint density at radius 2 is 2.29 bits per heavy atom. The molecule has 0 radical (unpaired) electrons. The van der Waals surface area contributed by atoms with E-state index in [1.165, 1.54) is 0 Å². The van der Waals surface area contributed by atoms with Crippen molar-refractivity contribution < 1.29 is 9.63 Å². The second kappa shape index (κ2) is 4.92. The number of hydrogen-bond acceptors (Lipinski definition) is 4. The van der Waals surface area contributed by atoms with E-state index in [-0.39, 0.29) is 5.91 Å². The Labute approximate surface area is 98.5 Å². The van der Waals surface area contributed by atoms with Gasteiger partial charge in [-0.05, 0) is 32.0 Å². The van der Waals surface area contributed by atoms with E-state index in [0.29, 0.717) is 17.7 Å². The minimum Gasteiger partial charge on any atom is -0.274 e. The molecule has 0 saturated heterocycles. The van der Waals surface area contributed by atoms with E-state index in [9.17, 15) is 4.79 Å². The van der Waals surface area contributed by atoms with Gasteiger partial charge in [-0.15, -0.1) is 5.10 Å². The highest BCUT2D eigenvalue weighted by molar-refractivity contribution is 5.96. The topological polar surface area (TPSA) is 69.0 Å². The average molecular weight is 234 g/mol. The van der Waals surface area contributed by atoms with E-state index in [1.54, 1.807) is 23.7 Å². The Bertz CT molecular complexity index is 535. The molecule has 6 nitrogen and oxygen atoms in total. The van der Waals surface area contributed by atoms with Crippen molar-refractivity contribution >= 4 is 16.9 Å². The Morgan fingerprint density at radius 3 is 3.00 bits per heavy atom. The van der Waals surface area contributed by atoms with Gasteiger partial charge in [0.15, 0.2) is 0 Å². The van der Waals surface area contributed by atoms with Gasteiger partial charge in [0.2, 0.25) is 0 Å². The number of carbonyl (C=O) groups excluding carboxylic acids is 1. The first-order valence-corrected chi connectivity index (χ1v) is 5.51. The van der Waals surface area contributed by atoms with E-state index in [4.69, 9.17) is 4.84 Å². The van der Waals surface area contributed by atoms with Crippen molar-refractivity contribution in [3.05, 3.63) is 23.8 Å². The van der Waals surface area contributed by atoms with Gasteiger partial charge in [-0.1, -0.05) is 5.21 Å². The van der Waals surface area contributed by atoms with E-state index in [1.807, 2.05) is 13.0 Å². The number of benzene rings is 1. The van der Waals surface area contributed by atoms with Crippen LogP contribution in [-0.4, -0.2) is 27.5 Å². The monoisotopic (exact) mass is 234 g/mol. The van der Waals surface area contributed by atoms with Gasteiger partial charge in [-0.3, -0.25) is 9.63 Å². The summed E-state index contributed by atoms with van der Waals surface area (Å²) < 4.78 is 1.78. The van der Waals surface area contributed by atoms with Crippen molar-refractivity contribution in [1.29, 1.82) is 0 Å². The molecule has 0 spiro atoms. The Balaban J connectivity index is 2.29. The number of aromatic nitrogens is 3. The van der Waals surface area contributed by atoms with E-state index < -0.39 is 0 Å². The number of amides is 1. The maximum absolute atomic E-state index is 11.6. The van der Waals surface area contributed by atoms with E-state index in [0.717, 1.165) is 12.1 Å². The summed E-state index contributed by atoms with van der Waals surface area (Å²) in [4.78, 5) is 16.5. The van der Waals surface area contributed by atoms with Crippen LogP contribution in [0.15, 0.2) is 18.2 Å². The molecule has 1 heterocycles. The van der Waals surface area contributed by atoms with Crippen LogP contribution >= 0.6 is 0 Å². The largest absolute Gasteiger partial charge is 0.274 e. The van der Waals surface area contributed by atoms with Gasteiger partial charge < -0.3 is 0 Å². The quantitative estimate of drug-likeness (QED) is 0.805. The van der Waals surface area contributed by atoms with Gasteiger partial charge in [0, 0.05) is 12.1 Å². The molecule has 0 atom stereocenters. The third-order valence-corrected chi connectivity index (χ3v) is 2.38. The number of hydrogen-bond donors (Lipinski definition) is 1. The Hall–Kier alpha value is -1.95. The predicted molar refractivity (Wildman–Crippen MR) is 62.3 cm³/mol. The smallest absolute Gasteiger partial charge is 0.274 e. The molecule has 17 heavy (non-hydrogen) atoms. The van der Waals surface area contributed by atoms with Gasteiger partial charge in [-0.2, -0.15) is 0 Å². The fourth-order valence-electron chi connectivity index (χ4n) is 1.54. The van der Waals surface area contributed by atoms with Gasteiger partial charge >= 0.3 is 0 Å². The lowest BCUT2D eigenvalue weighted by Crippen LogP contribution is -2.23. The van der Waals surface area contributed by atoms with Crippen LogP contribution in [0.5, 0.6) is 0 Å². The first-order chi connectivity index (χ1) is 8.26. The Kier molecular flexibility index (Phi) is 3.34. The molecule has 6 heteroatoms. The van der Waals surface area contributed by atoms with Crippen LogP contribution in [0.25, 0.3) is 11.0 Å². The fraction of sp³-hybridized carbons (Fsp3) is 0.364. The number of rotatable bonds is 4. The third-order valence-electron chi connectivity index (χ3n) is 2.38. The summed E-state index contributed by atoms with van der Waals surface area (Å²) in [6.45, 7) is 4.97. The van der Waals surface area contributed by atoms with Crippen LogP contribution in [0, 0.1) is 0 Å². The fourth-order valence-corrected chi connectivity index (χ4v) is 1.54. The molecular weight excluding hydrogens is 220 g/mol. The van der Waals surface area contributed by atoms with Crippen LogP contribution < -0.4 is 5.48 Å².